The summed E-state index contributed by atoms with van der Waals surface area (Å²) in [6.07, 6.45) is 2.39. The molecule has 0 aliphatic rings. The minimum Gasteiger partial charge on any atom is -0.442 e. The first-order valence-corrected chi connectivity index (χ1v) is 9.89. The summed E-state index contributed by atoms with van der Waals surface area (Å²) in [6, 6.07) is 10.4. The highest BCUT2D eigenvalue weighted by molar-refractivity contribution is 9.10. The van der Waals surface area contributed by atoms with Crippen molar-refractivity contribution in [3.05, 3.63) is 52.3 Å². The number of fused-ring (bicyclic) bond motifs is 1. The molecule has 3 aromatic rings. The van der Waals surface area contributed by atoms with Gasteiger partial charge in [0.1, 0.15) is 0 Å². The zero-order valence-corrected chi connectivity index (χ0v) is 18.4. The number of esters is 1. The topological polar surface area (TPSA) is 60.2 Å². The van der Waals surface area contributed by atoms with E-state index < -0.39 is 5.41 Å². The fourth-order valence-electron chi connectivity index (χ4n) is 2.76. The quantitative estimate of drug-likeness (QED) is 0.545. The highest BCUT2D eigenvalue weighted by Gasteiger charge is 2.23. The maximum absolute atomic E-state index is 12.1. The van der Waals surface area contributed by atoms with Crippen molar-refractivity contribution in [2.75, 3.05) is 19.0 Å². The number of anilines is 1. The van der Waals surface area contributed by atoms with Gasteiger partial charge in [0.15, 0.2) is 12.4 Å². The number of aromatic nitrogens is 3. The van der Waals surface area contributed by atoms with Crippen molar-refractivity contribution in [2.45, 2.75) is 33.9 Å². The van der Waals surface area contributed by atoms with E-state index in [1.807, 2.05) is 40.9 Å². The van der Waals surface area contributed by atoms with Crippen LogP contribution in [-0.2, 0) is 22.7 Å². The number of hydrogen-bond acceptors (Lipinski definition) is 5. The first-order chi connectivity index (χ1) is 13.1. The van der Waals surface area contributed by atoms with Crippen molar-refractivity contribution in [1.29, 1.82) is 0 Å². The molecule has 28 heavy (non-hydrogen) atoms. The number of halogens is 1. The molecule has 0 radical (unpaired) electrons. The van der Waals surface area contributed by atoms with Crippen LogP contribution in [0.4, 0.5) is 5.69 Å². The van der Waals surface area contributed by atoms with Crippen molar-refractivity contribution in [1.82, 2.24) is 14.8 Å². The molecular weight excluding hydrogens is 420 g/mol. The fraction of sp³-hybridized carbons (Fsp3) is 0.381. The number of rotatable bonds is 5. The van der Waals surface area contributed by atoms with Crippen LogP contribution in [0.3, 0.4) is 0 Å². The maximum atomic E-state index is 12.1. The Bertz CT molecular complexity index is 988. The van der Waals surface area contributed by atoms with Gasteiger partial charge in [0.2, 0.25) is 0 Å². The van der Waals surface area contributed by atoms with Crippen LogP contribution in [0.5, 0.6) is 0 Å². The third-order valence-electron chi connectivity index (χ3n) is 4.38. The average Bonchev–Trinajstić information content (AvgIpc) is 2.96. The molecule has 0 amide bonds. The van der Waals surface area contributed by atoms with Gasteiger partial charge in [-0.25, -0.2) is 9.67 Å². The zero-order valence-electron chi connectivity index (χ0n) is 16.9. The molecule has 0 N–H and O–H groups in total. The summed E-state index contributed by atoms with van der Waals surface area (Å²) in [6.45, 7) is 5.53. The van der Waals surface area contributed by atoms with Gasteiger partial charge in [-0.3, -0.25) is 4.79 Å². The monoisotopic (exact) mass is 444 g/mol. The van der Waals surface area contributed by atoms with Gasteiger partial charge in [-0.2, -0.15) is 5.10 Å². The lowest BCUT2D eigenvalue weighted by Crippen LogP contribution is -2.24. The van der Waals surface area contributed by atoms with Gasteiger partial charge in [-0.1, -0.05) is 12.1 Å². The first-order valence-electron chi connectivity index (χ1n) is 9.09. The molecule has 7 heteroatoms. The molecule has 0 spiro atoms. The van der Waals surface area contributed by atoms with Gasteiger partial charge in [0.25, 0.3) is 0 Å². The molecule has 0 fully saturated rings. The van der Waals surface area contributed by atoms with E-state index in [2.05, 4.69) is 55.2 Å². The summed E-state index contributed by atoms with van der Waals surface area (Å²) in [5.41, 5.74) is 3.34. The second-order valence-electron chi connectivity index (χ2n) is 8.02. The standard InChI is InChI=1S/C21H25BrN4O2/c1-21(2,3)20(27)28-13-26-19-17(11-15(22)12-23-19)18(24-26)10-14-6-8-16(9-7-14)25(4)5/h6-9,11-12H,10,13H2,1-5H3. The van der Waals surface area contributed by atoms with Crippen molar-refractivity contribution in [3.8, 4) is 0 Å². The SMILES string of the molecule is CN(C)c1ccc(Cc2nn(COC(=O)C(C)(C)C)c3ncc(Br)cc23)cc1. The Morgan fingerprint density at radius 1 is 1.21 bits per heavy atom. The molecule has 0 aliphatic carbocycles. The molecule has 0 bridgehead atoms. The number of benzene rings is 1. The second-order valence-corrected chi connectivity index (χ2v) is 8.94. The van der Waals surface area contributed by atoms with E-state index in [4.69, 9.17) is 4.74 Å². The van der Waals surface area contributed by atoms with E-state index in [1.54, 1.807) is 10.9 Å². The van der Waals surface area contributed by atoms with Gasteiger partial charge < -0.3 is 9.64 Å². The summed E-state index contributed by atoms with van der Waals surface area (Å²) in [7, 11) is 4.04. The molecule has 1 aromatic carbocycles. The zero-order chi connectivity index (χ0) is 20.5. The summed E-state index contributed by atoms with van der Waals surface area (Å²) in [4.78, 5) is 18.7. The lowest BCUT2D eigenvalue weighted by atomic mass is 9.98. The van der Waals surface area contributed by atoms with E-state index in [0.717, 1.165) is 26.8 Å². The number of ether oxygens (including phenoxy) is 1. The molecule has 6 nitrogen and oxygen atoms in total. The Labute approximate surface area is 173 Å². The highest BCUT2D eigenvalue weighted by Crippen LogP contribution is 2.24. The van der Waals surface area contributed by atoms with Gasteiger partial charge in [-0.05, 0) is 60.5 Å². The lowest BCUT2D eigenvalue weighted by Gasteiger charge is -2.16. The van der Waals surface area contributed by atoms with Crippen LogP contribution in [0.2, 0.25) is 0 Å². The fourth-order valence-corrected chi connectivity index (χ4v) is 3.09. The number of carbonyl (C=O) groups excluding carboxylic acids is 1. The van der Waals surface area contributed by atoms with E-state index in [9.17, 15) is 4.79 Å². The third kappa shape index (κ3) is 4.52. The van der Waals surface area contributed by atoms with E-state index in [-0.39, 0.29) is 12.7 Å². The van der Waals surface area contributed by atoms with Crippen LogP contribution in [-0.4, -0.2) is 34.8 Å². The normalized spacial score (nSPS) is 11.6. The highest BCUT2D eigenvalue weighted by atomic mass is 79.9. The molecule has 0 aliphatic heterocycles. The number of carbonyl (C=O) groups is 1. The number of pyridine rings is 1. The Hall–Kier alpha value is -2.41. The minimum absolute atomic E-state index is 0.0425. The van der Waals surface area contributed by atoms with Crippen LogP contribution in [0.1, 0.15) is 32.0 Å². The maximum Gasteiger partial charge on any atom is 0.313 e. The Kier molecular flexibility index (Phi) is 5.74. The number of nitrogens with zero attached hydrogens (tertiary/aromatic N) is 4. The lowest BCUT2D eigenvalue weighted by molar-refractivity contribution is -0.157. The predicted octanol–water partition coefficient (Wildman–Crippen LogP) is 4.40. The van der Waals surface area contributed by atoms with E-state index >= 15 is 0 Å². The Morgan fingerprint density at radius 2 is 1.89 bits per heavy atom. The molecule has 0 saturated heterocycles. The molecule has 0 atom stereocenters. The molecule has 148 valence electrons. The second kappa shape index (κ2) is 7.91. The van der Waals surface area contributed by atoms with Crippen LogP contribution in [0.15, 0.2) is 41.0 Å². The average molecular weight is 445 g/mol. The van der Waals surface area contributed by atoms with Crippen molar-refractivity contribution in [3.63, 3.8) is 0 Å². The minimum atomic E-state index is -0.559. The molecule has 2 heterocycles. The summed E-state index contributed by atoms with van der Waals surface area (Å²) in [5.74, 6) is -0.269. The molecule has 0 saturated carbocycles. The Balaban J connectivity index is 1.89. The van der Waals surface area contributed by atoms with E-state index in [1.165, 1.54) is 0 Å². The van der Waals surface area contributed by atoms with Crippen LogP contribution < -0.4 is 4.90 Å². The van der Waals surface area contributed by atoms with Gasteiger partial charge >= 0.3 is 5.97 Å². The van der Waals surface area contributed by atoms with Crippen LogP contribution in [0.25, 0.3) is 11.0 Å². The summed E-state index contributed by atoms with van der Waals surface area (Å²) in [5, 5.41) is 5.63. The first kappa shape index (κ1) is 20.3. The smallest absolute Gasteiger partial charge is 0.313 e. The van der Waals surface area contributed by atoms with Crippen molar-refractivity contribution in [2.24, 2.45) is 5.41 Å². The van der Waals surface area contributed by atoms with Crippen LogP contribution >= 0.6 is 15.9 Å². The predicted molar refractivity (Wildman–Crippen MR) is 114 cm³/mol. The largest absolute Gasteiger partial charge is 0.442 e. The molecule has 2 aromatic heterocycles. The van der Waals surface area contributed by atoms with Gasteiger partial charge in [-0.15, -0.1) is 0 Å². The Morgan fingerprint density at radius 3 is 2.50 bits per heavy atom. The van der Waals surface area contributed by atoms with Crippen molar-refractivity contribution < 1.29 is 9.53 Å². The molecule has 3 rings (SSSR count). The summed E-state index contributed by atoms with van der Waals surface area (Å²) >= 11 is 3.48. The molecule has 0 unspecified atom stereocenters. The van der Waals surface area contributed by atoms with Crippen molar-refractivity contribution >= 4 is 38.6 Å². The number of hydrogen-bond donors (Lipinski definition) is 0. The van der Waals surface area contributed by atoms with Gasteiger partial charge in [0, 0.05) is 42.3 Å². The van der Waals surface area contributed by atoms with Gasteiger partial charge in [0.05, 0.1) is 11.1 Å². The summed E-state index contributed by atoms with van der Waals surface area (Å²) < 4.78 is 7.97. The third-order valence-corrected chi connectivity index (χ3v) is 4.82. The molecular formula is C21H25BrN4O2. The van der Waals surface area contributed by atoms with E-state index in [0.29, 0.717) is 12.1 Å². The van der Waals surface area contributed by atoms with Crippen LogP contribution in [0, 0.1) is 5.41 Å².